The quantitative estimate of drug-likeness (QED) is 0.548. The minimum atomic E-state index is 0.0951. The van der Waals surface area contributed by atoms with E-state index in [0.29, 0.717) is 5.95 Å². The highest BCUT2D eigenvalue weighted by atomic mass is 15.2. The Balaban J connectivity index is 1.55. The Hall–Kier alpha value is -3.48. The number of benzene rings is 1. The van der Waals surface area contributed by atoms with E-state index in [0.717, 1.165) is 24.2 Å². The first-order valence-corrected chi connectivity index (χ1v) is 8.87. The Labute approximate surface area is 157 Å². The summed E-state index contributed by atoms with van der Waals surface area (Å²) in [6, 6.07) is 12.4. The summed E-state index contributed by atoms with van der Waals surface area (Å²) in [6.45, 7) is 0.856. The standard InChI is InChI=1S/C20H21N7/c1-26-14-17(13-23-26)18-7-9-22-20(24-18)25-19(16-5-3-2-4-6-16)8-11-27-12-10-21-15-27/h2-7,9-10,12-15,19H,8,11H2,1H3,(H,22,24,25)/t19-/m1/s1. The minimum Gasteiger partial charge on any atom is -0.347 e. The smallest absolute Gasteiger partial charge is 0.223 e. The van der Waals surface area contributed by atoms with Crippen molar-refractivity contribution in [3.05, 3.63) is 79.3 Å². The zero-order valence-electron chi connectivity index (χ0n) is 15.1. The average molecular weight is 359 g/mol. The Morgan fingerprint density at radius 1 is 1.11 bits per heavy atom. The van der Waals surface area contributed by atoms with Gasteiger partial charge in [-0.1, -0.05) is 30.3 Å². The van der Waals surface area contributed by atoms with E-state index in [1.165, 1.54) is 5.56 Å². The number of imidazole rings is 1. The molecule has 4 rings (SSSR count). The van der Waals surface area contributed by atoms with Crippen molar-refractivity contribution in [1.82, 2.24) is 29.3 Å². The summed E-state index contributed by atoms with van der Waals surface area (Å²) in [5.74, 6) is 0.607. The molecule has 1 N–H and O–H groups in total. The molecule has 0 radical (unpaired) electrons. The predicted molar refractivity (Wildman–Crippen MR) is 104 cm³/mol. The summed E-state index contributed by atoms with van der Waals surface area (Å²) in [5, 5.41) is 7.71. The molecule has 0 aliphatic heterocycles. The Morgan fingerprint density at radius 2 is 2.00 bits per heavy atom. The van der Waals surface area contributed by atoms with Crippen LogP contribution in [0, 0.1) is 0 Å². The zero-order chi connectivity index (χ0) is 18.5. The van der Waals surface area contributed by atoms with E-state index in [2.05, 4.69) is 42.1 Å². The van der Waals surface area contributed by atoms with E-state index in [-0.39, 0.29) is 6.04 Å². The molecule has 1 aromatic carbocycles. The fourth-order valence-corrected chi connectivity index (χ4v) is 3.00. The summed E-state index contributed by atoms with van der Waals surface area (Å²) in [7, 11) is 1.89. The van der Waals surface area contributed by atoms with Crippen LogP contribution < -0.4 is 5.32 Å². The van der Waals surface area contributed by atoms with E-state index in [4.69, 9.17) is 0 Å². The molecule has 0 aliphatic rings. The molecule has 7 heteroatoms. The third-order valence-electron chi connectivity index (χ3n) is 4.40. The molecule has 0 bridgehead atoms. The van der Waals surface area contributed by atoms with Gasteiger partial charge >= 0.3 is 0 Å². The highest BCUT2D eigenvalue weighted by Crippen LogP contribution is 2.23. The van der Waals surface area contributed by atoms with Gasteiger partial charge in [-0.05, 0) is 18.1 Å². The first-order valence-electron chi connectivity index (χ1n) is 8.87. The van der Waals surface area contributed by atoms with E-state index in [1.54, 1.807) is 23.3 Å². The van der Waals surface area contributed by atoms with Crippen LogP contribution in [0.4, 0.5) is 5.95 Å². The lowest BCUT2D eigenvalue weighted by Crippen LogP contribution is -2.15. The maximum Gasteiger partial charge on any atom is 0.223 e. The predicted octanol–water partition coefficient (Wildman–Crippen LogP) is 3.32. The second-order valence-electron chi connectivity index (χ2n) is 6.36. The molecule has 3 aromatic heterocycles. The van der Waals surface area contributed by atoms with Crippen molar-refractivity contribution in [2.45, 2.75) is 19.0 Å². The van der Waals surface area contributed by atoms with Crippen molar-refractivity contribution < 1.29 is 0 Å². The summed E-state index contributed by atoms with van der Waals surface area (Å²) in [6.07, 6.45) is 12.0. The van der Waals surface area contributed by atoms with Crippen LogP contribution in [-0.2, 0) is 13.6 Å². The Morgan fingerprint density at radius 3 is 2.74 bits per heavy atom. The normalized spacial score (nSPS) is 12.0. The molecule has 4 aromatic rings. The lowest BCUT2D eigenvalue weighted by atomic mass is 10.0. The van der Waals surface area contributed by atoms with Gasteiger partial charge in [0, 0.05) is 43.9 Å². The fraction of sp³-hybridized carbons (Fsp3) is 0.200. The van der Waals surface area contributed by atoms with Gasteiger partial charge in [0.2, 0.25) is 5.95 Å². The molecule has 1 atom stereocenters. The van der Waals surface area contributed by atoms with Crippen molar-refractivity contribution >= 4 is 5.95 Å². The molecule has 136 valence electrons. The molecule has 0 amide bonds. The number of aryl methyl sites for hydroxylation is 2. The van der Waals surface area contributed by atoms with Gasteiger partial charge in [0.05, 0.1) is 24.3 Å². The minimum absolute atomic E-state index is 0.0951. The van der Waals surface area contributed by atoms with Gasteiger partial charge in [0.15, 0.2) is 0 Å². The number of anilines is 1. The largest absolute Gasteiger partial charge is 0.347 e. The molecule has 7 nitrogen and oxygen atoms in total. The van der Waals surface area contributed by atoms with Crippen molar-refractivity contribution in [3.8, 4) is 11.3 Å². The van der Waals surface area contributed by atoms with Crippen LogP contribution >= 0.6 is 0 Å². The van der Waals surface area contributed by atoms with Crippen molar-refractivity contribution in [1.29, 1.82) is 0 Å². The zero-order valence-corrected chi connectivity index (χ0v) is 15.1. The van der Waals surface area contributed by atoms with Gasteiger partial charge < -0.3 is 9.88 Å². The van der Waals surface area contributed by atoms with Gasteiger partial charge in [-0.25, -0.2) is 15.0 Å². The van der Waals surface area contributed by atoms with Crippen LogP contribution in [0.15, 0.2) is 73.7 Å². The van der Waals surface area contributed by atoms with Crippen molar-refractivity contribution in [3.63, 3.8) is 0 Å². The van der Waals surface area contributed by atoms with Crippen LogP contribution in [0.3, 0.4) is 0 Å². The van der Waals surface area contributed by atoms with Crippen LogP contribution in [0.25, 0.3) is 11.3 Å². The van der Waals surface area contributed by atoms with Crippen LogP contribution in [-0.4, -0.2) is 29.3 Å². The maximum atomic E-state index is 4.67. The summed E-state index contributed by atoms with van der Waals surface area (Å²) < 4.78 is 3.84. The van der Waals surface area contributed by atoms with E-state index in [1.807, 2.05) is 50.0 Å². The van der Waals surface area contributed by atoms with Crippen molar-refractivity contribution in [2.75, 3.05) is 5.32 Å². The molecule has 0 aliphatic carbocycles. The SMILES string of the molecule is Cn1cc(-c2ccnc(N[C@H](CCn3ccnc3)c3ccccc3)n2)cn1. The summed E-state index contributed by atoms with van der Waals surface area (Å²) in [5.41, 5.74) is 3.02. The molecule has 0 saturated carbocycles. The average Bonchev–Trinajstić information content (AvgIpc) is 3.38. The van der Waals surface area contributed by atoms with Gasteiger partial charge in [0.25, 0.3) is 0 Å². The number of nitrogens with zero attached hydrogens (tertiary/aromatic N) is 6. The lowest BCUT2D eigenvalue weighted by molar-refractivity contribution is 0.581. The van der Waals surface area contributed by atoms with Gasteiger partial charge in [-0.3, -0.25) is 4.68 Å². The van der Waals surface area contributed by atoms with Crippen LogP contribution in [0.2, 0.25) is 0 Å². The van der Waals surface area contributed by atoms with E-state index >= 15 is 0 Å². The number of nitrogens with one attached hydrogen (secondary N) is 1. The molecule has 27 heavy (non-hydrogen) atoms. The third-order valence-corrected chi connectivity index (χ3v) is 4.40. The maximum absolute atomic E-state index is 4.67. The first-order chi connectivity index (χ1) is 13.3. The molecular formula is C20H21N7. The number of hydrogen-bond donors (Lipinski definition) is 1. The highest BCUT2D eigenvalue weighted by molar-refractivity contribution is 5.58. The second kappa shape index (κ2) is 7.82. The number of rotatable bonds is 7. The third kappa shape index (κ3) is 4.20. The summed E-state index contributed by atoms with van der Waals surface area (Å²) in [4.78, 5) is 13.2. The number of hydrogen-bond acceptors (Lipinski definition) is 5. The molecule has 0 unspecified atom stereocenters. The highest BCUT2D eigenvalue weighted by Gasteiger charge is 2.14. The van der Waals surface area contributed by atoms with Gasteiger partial charge in [-0.2, -0.15) is 5.10 Å². The number of aromatic nitrogens is 6. The fourth-order valence-electron chi connectivity index (χ4n) is 3.00. The van der Waals surface area contributed by atoms with Gasteiger partial charge in [0.1, 0.15) is 0 Å². The lowest BCUT2D eigenvalue weighted by Gasteiger charge is -2.19. The van der Waals surface area contributed by atoms with E-state index < -0.39 is 0 Å². The Kier molecular flexibility index (Phi) is 4.91. The van der Waals surface area contributed by atoms with Crippen molar-refractivity contribution in [2.24, 2.45) is 7.05 Å². The molecule has 0 saturated heterocycles. The Bertz CT molecular complexity index is 977. The molecule has 0 spiro atoms. The molecular weight excluding hydrogens is 338 g/mol. The van der Waals surface area contributed by atoms with Gasteiger partial charge in [-0.15, -0.1) is 0 Å². The monoisotopic (exact) mass is 359 g/mol. The second-order valence-corrected chi connectivity index (χ2v) is 6.36. The van der Waals surface area contributed by atoms with Crippen LogP contribution in [0.1, 0.15) is 18.0 Å². The first kappa shape index (κ1) is 17.0. The van der Waals surface area contributed by atoms with E-state index in [9.17, 15) is 0 Å². The topological polar surface area (TPSA) is 73.5 Å². The summed E-state index contributed by atoms with van der Waals surface area (Å²) >= 11 is 0. The molecule has 0 fully saturated rings. The molecule has 3 heterocycles. The van der Waals surface area contributed by atoms with Crippen LogP contribution in [0.5, 0.6) is 0 Å².